The summed E-state index contributed by atoms with van der Waals surface area (Å²) in [7, 11) is 0. The number of aryl methyl sites for hydroxylation is 1. The summed E-state index contributed by atoms with van der Waals surface area (Å²) in [4.78, 5) is 29.6. The van der Waals surface area contributed by atoms with E-state index in [9.17, 15) is 9.59 Å². The van der Waals surface area contributed by atoms with Crippen molar-refractivity contribution in [2.45, 2.75) is 19.8 Å². The van der Waals surface area contributed by atoms with Crippen LogP contribution in [0.3, 0.4) is 0 Å². The van der Waals surface area contributed by atoms with Crippen molar-refractivity contribution in [3.05, 3.63) is 35.8 Å². The van der Waals surface area contributed by atoms with Gasteiger partial charge in [-0.15, -0.1) is 0 Å². The monoisotopic (exact) mass is 313 g/mol. The molecular weight excluding hydrogens is 294 g/mol. The molecule has 3 N–H and O–H groups in total. The Bertz CT molecular complexity index is 732. The number of pyridine rings is 1. The van der Waals surface area contributed by atoms with E-state index in [0.717, 1.165) is 11.3 Å². The molecule has 0 radical (unpaired) electrons. The van der Waals surface area contributed by atoms with Gasteiger partial charge in [-0.3, -0.25) is 19.7 Å². The van der Waals surface area contributed by atoms with Gasteiger partial charge in [-0.1, -0.05) is 0 Å². The van der Waals surface area contributed by atoms with Crippen LogP contribution >= 0.6 is 0 Å². The zero-order valence-electron chi connectivity index (χ0n) is 13.0. The van der Waals surface area contributed by atoms with Crippen LogP contribution in [0.25, 0.3) is 11.3 Å². The van der Waals surface area contributed by atoms with Gasteiger partial charge < -0.3 is 10.6 Å². The summed E-state index contributed by atoms with van der Waals surface area (Å²) >= 11 is 0. The van der Waals surface area contributed by atoms with E-state index in [1.54, 1.807) is 17.2 Å². The van der Waals surface area contributed by atoms with Gasteiger partial charge in [0.15, 0.2) is 0 Å². The van der Waals surface area contributed by atoms with Gasteiger partial charge in [-0.2, -0.15) is 5.10 Å². The van der Waals surface area contributed by atoms with E-state index in [1.807, 2.05) is 19.1 Å². The van der Waals surface area contributed by atoms with E-state index in [0.29, 0.717) is 37.3 Å². The second-order valence-corrected chi connectivity index (χ2v) is 5.82. The molecule has 0 aliphatic carbocycles. The second-order valence-electron chi connectivity index (χ2n) is 5.82. The highest BCUT2D eigenvalue weighted by molar-refractivity contribution is 5.93. The van der Waals surface area contributed by atoms with Crippen LogP contribution in [0.5, 0.6) is 0 Å². The van der Waals surface area contributed by atoms with Crippen molar-refractivity contribution in [1.29, 1.82) is 0 Å². The second kappa shape index (κ2) is 6.20. The number of H-pyrrole nitrogens is 1. The molecule has 0 aromatic carbocycles. The van der Waals surface area contributed by atoms with Crippen LogP contribution in [-0.4, -0.2) is 45.0 Å². The number of nitrogens with one attached hydrogen (secondary N) is 1. The molecule has 0 unspecified atom stereocenters. The summed E-state index contributed by atoms with van der Waals surface area (Å²) in [6, 6.07) is 5.52. The van der Waals surface area contributed by atoms with Gasteiger partial charge in [0, 0.05) is 36.5 Å². The molecule has 0 atom stereocenters. The van der Waals surface area contributed by atoms with E-state index in [1.165, 1.54) is 0 Å². The fourth-order valence-corrected chi connectivity index (χ4v) is 2.82. The van der Waals surface area contributed by atoms with Crippen LogP contribution in [-0.2, 0) is 4.79 Å². The first kappa shape index (κ1) is 15.2. The minimum atomic E-state index is -0.283. The van der Waals surface area contributed by atoms with Crippen molar-refractivity contribution in [3.8, 4) is 11.3 Å². The first-order valence-corrected chi connectivity index (χ1v) is 7.61. The molecule has 2 amide bonds. The third-order valence-electron chi connectivity index (χ3n) is 4.19. The van der Waals surface area contributed by atoms with E-state index in [4.69, 9.17) is 5.73 Å². The molecule has 3 rings (SSSR count). The minimum Gasteiger partial charge on any atom is -0.369 e. The molecule has 7 heteroatoms. The molecule has 0 spiro atoms. The molecule has 1 fully saturated rings. The molecular formula is C16H19N5O2. The number of aromatic amines is 1. The van der Waals surface area contributed by atoms with Gasteiger partial charge in [0.1, 0.15) is 5.69 Å². The van der Waals surface area contributed by atoms with Crippen molar-refractivity contribution >= 4 is 11.8 Å². The Hall–Kier alpha value is -2.70. The number of rotatable bonds is 3. The average Bonchev–Trinajstić information content (AvgIpc) is 3.04. The molecule has 3 heterocycles. The zero-order valence-corrected chi connectivity index (χ0v) is 13.0. The van der Waals surface area contributed by atoms with Crippen LogP contribution < -0.4 is 5.73 Å². The van der Waals surface area contributed by atoms with Crippen LogP contribution in [0.15, 0.2) is 24.4 Å². The smallest absolute Gasteiger partial charge is 0.271 e. The lowest BCUT2D eigenvalue weighted by molar-refractivity contribution is -0.123. The van der Waals surface area contributed by atoms with Gasteiger partial charge in [-0.25, -0.2) is 0 Å². The van der Waals surface area contributed by atoms with Gasteiger partial charge in [-0.05, 0) is 38.0 Å². The van der Waals surface area contributed by atoms with E-state index < -0.39 is 0 Å². The zero-order chi connectivity index (χ0) is 16.4. The Morgan fingerprint density at radius 2 is 2.04 bits per heavy atom. The molecule has 1 aliphatic heterocycles. The van der Waals surface area contributed by atoms with Crippen LogP contribution in [0.2, 0.25) is 0 Å². The molecule has 2 aromatic rings. The van der Waals surface area contributed by atoms with Crippen molar-refractivity contribution in [1.82, 2.24) is 20.1 Å². The topological polar surface area (TPSA) is 105 Å². The van der Waals surface area contributed by atoms with Crippen molar-refractivity contribution in [3.63, 3.8) is 0 Å². The first-order valence-electron chi connectivity index (χ1n) is 7.61. The Morgan fingerprint density at radius 3 is 2.70 bits per heavy atom. The molecule has 0 bridgehead atoms. The van der Waals surface area contributed by atoms with Crippen LogP contribution in [0.1, 0.15) is 29.0 Å². The van der Waals surface area contributed by atoms with E-state index >= 15 is 0 Å². The van der Waals surface area contributed by atoms with Gasteiger partial charge in [0.2, 0.25) is 5.91 Å². The minimum absolute atomic E-state index is 0.0996. The summed E-state index contributed by atoms with van der Waals surface area (Å²) in [6.45, 7) is 2.98. The molecule has 1 saturated heterocycles. The van der Waals surface area contributed by atoms with Crippen molar-refractivity contribution < 1.29 is 9.59 Å². The average molecular weight is 313 g/mol. The first-order chi connectivity index (χ1) is 11.0. The summed E-state index contributed by atoms with van der Waals surface area (Å²) in [5.74, 6) is -0.511. The molecule has 120 valence electrons. The number of primary amides is 1. The highest BCUT2D eigenvalue weighted by atomic mass is 16.2. The van der Waals surface area contributed by atoms with Crippen molar-refractivity contribution in [2.24, 2.45) is 11.7 Å². The summed E-state index contributed by atoms with van der Waals surface area (Å²) in [5.41, 5.74) is 8.29. The number of aromatic nitrogens is 3. The Labute approximate surface area is 133 Å². The highest BCUT2D eigenvalue weighted by Gasteiger charge is 2.27. The Kier molecular flexibility index (Phi) is 4.10. The number of likely N-dealkylation sites (tertiary alicyclic amines) is 1. The quantitative estimate of drug-likeness (QED) is 0.885. The van der Waals surface area contributed by atoms with Crippen molar-refractivity contribution in [2.75, 3.05) is 13.1 Å². The maximum Gasteiger partial charge on any atom is 0.271 e. The van der Waals surface area contributed by atoms with Crippen LogP contribution in [0.4, 0.5) is 0 Å². The number of hydrogen-bond donors (Lipinski definition) is 2. The third-order valence-corrected chi connectivity index (χ3v) is 4.19. The van der Waals surface area contributed by atoms with Gasteiger partial charge in [0.05, 0.1) is 5.69 Å². The number of nitrogens with two attached hydrogens (primary N) is 1. The van der Waals surface area contributed by atoms with Gasteiger partial charge >= 0.3 is 0 Å². The van der Waals surface area contributed by atoms with E-state index in [2.05, 4.69) is 15.2 Å². The van der Waals surface area contributed by atoms with Gasteiger partial charge in [0.25, 0.3) is 5.91 Å². The third kappa shape index (κ3) is 3.23. The molecule has 0 saturated carbocycles. The Morgan fingerprint density at radius 1 is 1.30 bits per heavy atom. The lowest BCUT2D eigenvalue weighted by Crippen LogP contribution is -2.41. The molecule has 1 aliphatic rings. The fourth-order valence-electron chi connectivity index (χ4n) is 2.82. The normalized spacial score (nSPS) is 15.6. The molecule has 7 nitrogen and oxygen atoms in total. The lowest BCUT2D eigenvalue weighted by atomic mass is 9.96. The predicted molar refractivity (Wildman–Crippen MR) is 84.4 cm³/mol. The van der Waals surface area contributed by atoms with E-state index in [-0.39, 0.29) is 17.7 Å². The number of nitrogens with zero attached hydrogens (tertiary/aromatic N) is 3. The largest absolute Gasteiger partial charge is 0.369 e. The maximum atomic E-state index is 12.5. The maximum absolute atomic E-state index is 12.5. The number of amides is 2. The lowest BCUT2D eigenvalue weighted by Gasteiger charge is -2.30. The summed E-state index contributed by atoms with van der Waals surface area (Å²) < 4.78 is 0. The highest BCUT2D eigenvalue weighted by Crippen LogP contribution is 2.21. The number of carbonyl (C=O) groups is 2. The molecule has 2 aromatic heterocycles. The summed E-state index contributed by atoms with van der Waals surface area (Å²) in [5, 5.41) is 7.01. The Balaban J connectivity index is 1.71. The number of piperidine rings is 1. The number of carbonyl (C=O) groups excluding carboxylic acids is 2. The standard InChI is InChI=1S/C16H19N5O2/c1-10-8-12(2-5-18-10)13-9-14(20-19-13)16(23)21-6-3-11(4-7-21)15(17)22/h2,5,8-9,11H,3-4,6-7H2,1H3,(H2,17,22)(H,19,20). The van der Waals surface area contributed by atoms with Crippen LogP contribution in [0, 0.1) is 12.8 Å². The SMILES string of the molecule is Cc1cc(-c2cc(C(=O)N3CCC(C(N)=O)CC3)[nH]n2)ccn1. The fraction of sp³-hybridized carbons (Fsp3) is 0.375. The summed E-state index contributed by atoms with van der Waals surface area (Å²) in [6.07, 6.45) is 2.95. The number of hydrogen-bond acceptors (Lipinski definition) is 4. The predicted octanol–water partition coefficient (Wildman–Crippen LogP) is 1.12. The molecule has 23 heavy (non-hydrogen) atoms.